The molecule has 1 unspecified atom stereocenters. The Labute approximate surface area is 133 Å². The van der Waals surface area contributed by atoms with Crippen molar-refractivity contribution in [2.75, 3.05) is 37.8 Å². The maximum Gasteiger partial charge on any atom is 0.254 e. The van der Waals surface area contributed by atoms with Crippen LogP contribution < -0.4 is 5.32 Å². The number of nitrogens with one attached hydrogen (secondary N) is 1. The zero-order chi connectivity index (χ0) is 15.5. The van der Waals surface area contributed by atoms with Crippen molar-refractivity contribution in [2.45, 2.75) is 6.04 Å². The summed E-state index contributed by atoms with van der Waals surface area (Å²) < 4.78 is 0. The number of nitrogens with zero attached hydrogens (tertiary/aromatic N) is 2. The number of hydrogen-bond acceptors (Lipinski definition) is 5. The molecule has 22 heavy (non-hydrogen) atoms. The number of phenols is 1. The van der Waals surface area contributed by atoms with Crippen LogP contribution in [-0.4, -0.2) is 70.6 Å². The van der Waals surface area contributed by atoms with E-state index in [1.165, 1.54) is 6.07 Å². The molecular weight excluding hydrogens is 302 g/mol. The van der Waals surface area contributed by atoms with Crippen LogP contribution >= 0.6 is 11.8 Å². The number of carbonyl (C=O) groups is 2. The van der Waals surface area contributed by atoms with E-state index in [0.29, 0.717) is 31.7 Å². The second-order valence-corrected chi connectivity index (χ2v) is 6.47. The Bertz CT molecular complexity index is 567. The number of aromatic hydroxyl groups is 1. The van der Waals surface area contributed by atoms with Gasteiger partial charge in [0, 0.05) is 43.4 Å². The molecule has 1 atom stereocenters. The highest BCUT2D eigenvalue weighted by molar-refractivity contribution is 7.99. The number of rotatable bonds is 2. The Kier molecular flexibility index (Phi) is 4.54. The highest BCUT2D eigenvalue weighted by Crippen LogP contribution is 2.16. The third kappa shape index (κ3) is 3.20. The maximum absolute atomic E-state index is 12.4. The van der Waals surface area contributed by atoms with Crippen LogP contribution in [-0.2, 0) is 4.79 Å². The van der Waals surface area contributed by atoms with Gasteiger partial charge in [-0.3, -0.25) is 14.9 Å². The minimum absolute atomic E-state index is 0.0849. The third-order valence-corrected chi connectivity index (χ3v) is 4.93. The van der Waals surface area contributed by atoms with Crippen LogP contribution in [0.5, 0.6) is 5.75 Å². The molecule has 2 aliphatic heterocycles. The normalized spacial score (nSPS) is 21.9. The van der Waals surface area contributed by atoms with Gasteiger partial charge in [-0.05, 0) is 18.2 Å². The van der Waals surface area contributed by atoms with Crippen LogP contribution in [0.4, 0.5) is 0 Å². The number of phenolic OH excluding ortho intramolecular Hbond substituents is 1. The van der Waals surface area contributed by atoms with E-state index in [1.807, 2.05) is 4.90 Å². The summed E-state index contributed by atoms with van der Waals surface area (Å²) in [7, 11) is 0. The van der Waals surface area contributed by atoms with E-state index in [1.54, 1.807) is 34.9 Å². The van der Waals surface area contributed by atoms with Crippen molar-refractivity contribution in [3.05, 3.63) is 29.8 Å². The van der Waals surface area contributed by atoms with Crippen molar-refractivity contribution < 1.29 is 14.7 Å². The predicted octanol–water partition coefficient (Wildman–Crippen LogP) is 0.339. The highest BCUT2D eigenvalue weighted by atomic mass is 32.2. The number of benzene rings is 1. The first-order chi connectivity index (χ1) is 10.6. The maximum atomic E-state index is 12.4. The molecule has 0 saturated carbocycles. The summed E-state index contributed by atoms with van der Waals surface area (Å²) in [6, 6.07) is 6.28. The van der Waals surface area contributed by atoms with Crippen LogP contribution in [0, 0.1) is 0 Å². The second kappa shape index (κ2) is 6.58. The molecule has 2 N–H and O–H groups in total. The van der Waals surface area contributed by atoms with Gasteiger partial charge in [0.1, 0.15) is 5.75 Å². The summed E-state index contributed by atoms with van der Waals surface area (Å²) in [5.41, 5.74) is 0.480. The van der Waals surface area contributed by atoms with Crippen LogP contribution in [0.15, 0.2) is 24.3 Å². The average Bonchev–Trinajstić information content (AvgIpc) is 3.08. The van der Waals surface area contributed by atoms with Gasteiger partial charge in [-0.25, -0.2) is 0 Å². The predicted molar refractivity (Wildman–Crippen MR) is 84.8 cm³/mol. The Morgan fingerprint density at radius 3 is 2.55 bits per heavy atom. The molecule has 1 aromatic carbocycles. The first-order valence-corrected chi connectivity index (χ1v) is 8.49. The molecule has 0 radical (unpaired) electrons. The molecular formula is C15H19N3O3S. The molecule has 1 aromatic rings. The van der Waals surface area contributed by atoms with E-state index >= 15 is 0 Å². The van der Waals surface area contributed by atoms with Crippen molar-refractivity contribution in [3.8, 4) is 5.75 Å². The van der Waals surface area contributed by atoms with E-state index < -0.39 is 0 Å². The number of thioether (sulfide) groups is 1. The first kappa shape index (κ1) is 15.2. The third-order valence-electron chi connectivity index (χ3n) is 3.99. The van der Waals surface area contributed by atoms with Crippen molar-refractivity contribution in [2.24, 2.45) is 0 Å². The van der Waals surface area contributed by atoms with Gasteiger partial charge in [-0.15, -0.1) is 11.8 Å². The van der Waals surface area contributed by atoms with Crippen molar-refractivity contribution in [1.82, 2.24) is 15.1 Å². The van der Waals surface area contributed by atoms with Gasteiger partial charge >= 0.3 is 0 Å². The molecule has 0 aliphatic carbocycles. The van der Waals surface area contributed by atoms with Crippen molar-refractivity contribution in [1.29, 1.82) is 0 Å². The molecule has 2 aliphatic rings. The van der Waals surface area contributed by atoms with Crippen LogP contribution in [0.25, 0.3) is 0 Å². The molecule has 7 heteroatoms. The molecule has 2 fully saturated rings. The summed E-state index contributed by atoms with van der Waals surface area (Å²) >= 11 is 1.73. The Morgan fingerprint density at radius 1 is 1.18 bits per heavy atom. The quantitative estimate of drug-likeness (QED) is 0.822. The van der Waals surface area contributed by atoms with Crippen molar-refractivity contribution in [3.63, 3.8) is 0 Å². The fourth-order valence-corrected chi connectivity index (χ4v) is 3.66. The average molecular weight is 321 g/mol. The van der Waals surface area contributed by atoms with Crippen molar-refractivity contribution >= 4 is 23.6 Å². The minimum atomic E-state index is -0.0995. The lowest BCUT2D eigenvalue weighted by Gasteiger charge is -2.35. The van der Waals surface area contributed by atoms with E-state index in [4.69, 9.17) is 0 Å². The zero-order valence-corrected chi connectivity index (χ0v) is 13.0. The first-order valence-electron chi connectivity index (χ1n) is 7.33. The largest absolute Gasteiger partial charge is 0.508 e. The fraction of sp³-hybridized carbons (Fsp3) is 0.467. The topological polar surface area (TPSA) is 72.9 Å². The number of carbonyl (C=O) groups excluding carboxylic acids is 2. The van der Waals surface area contributed by atoms with Gasteiger partial charge in [0.05, 0.1) is 6.04 Å². The molecule has 3 rings (SSSR count). The Balaban J connectivity index is 1.57. The number of amides is 2. The highest BCUT2D eigenvalue weighted by Gasteiger charge is 2.30. The summed E-state index contributed by atoms with van der Waals surface area (Å²) in [4.78, 5) is 28.2. The second-order valence-electron chi connectivity index (χ2n) is 5.44. The lowest BCUT2D eigenvalue weighted by molar-refractivity contribution is -0.134. The molecule has 0 bridgehead atoms. The van der Waals surface area contributed by atoms with E-state index in [9.17, 15) is 14.7 Å². The molecule has 2 amide bonds. The van der Waals surface area contributed by atoms with Gasteiger partial charge in [0.2, 0.25) is 5.91 Å². The molecule has 2 heterocycles. The zero-order valence-electron chi connectivity index (χ0n) is 12.2. The van der Waals surface area contributed by atoms with Gasteiger partial charge < -0.3 is 14.9 Å². The molecule has 2 saturated heterocycles. The summed E-state index contributed by atoms with van der Waals surface area (Å²) in [6.45, 7) is 2.18. The molecule has 0 spiro atoms. The molecule has 0 aromatic heterocycles. The molecule has 118 valence electrons. The van der Waals surface area contributed by atoms with Gasteiger partial charge in [0.25, 0.3) is 5.91 Å². The SMILES string of the molecule is O=C(c1cccc(O)c1)N1CCN(C(=O)C2CSCN2)CC1. The smallest absolute Gasteiger partial charge is 0.254 e. The Hall–Kier alpha value is -1.73. The van der Waals surface area contributed by atoms with Crippen LogP contribution in [0.1, 0.15) is 10.4 Å². The summed E-state index contributed by atoms with van der Waals surface area (Å²) in [5, 5.41) is 12.6. The van der Waals surface area contributed by atoms with E-state index in [-0.39, 0.29) is 23.6 Å². The Morgan fingerprint density at radius 2 is 1.91 bits per heavy atom. The van der Waals surface area contributed by atoms with Crippen LogP contribution in [0.3, 0.4) is 0 Å². The monoisotopic (exact) mass is 321 g/mol. The summed E-state index contributed by atoms with van der Waals surface area (Å²) in [6.07, 6.45) is 0. The molecule has 6 nitrogen and oxygen atoms in total. The lowest BCUT2D eigenvalue weighted by atomic mass is 10.1. The number of piperazine rings is 1. The van der Waals surface area contributed by atoms with Crippen LogP contribution in [0.2, 0.25) is 0 Å². The lowest BCUT2D eigenvalue weighted by Crippen LogP contribution is -2.54. The minimum Gasteiger partial charge on any atom is -0.508 e. The fourth-order valence-electron chi connectivity index (χ4n) is 2.73. The number of hydrogen-bond donors (Lipinski definition) is 2. The standard InChI is InChI=1S/C15H19N3O3S/c19-12-3-1-2-11(8-12)14(20)17-4-6-18(7-5-17)15(21)13-9-22-10-16-13/h1-3,8,13,16,19H,4-7,9-10H2. The van der Waals surface area contributed by atoms with E-state index in [2.05, 4.69) is 5.32 Å². The van der Waals surface area contributed by atoms with Gasteiger partial charge in [0.15, 0.2) is 0 Å². The summed E-state index contributed by atoms with van der Waals surface area (Å²) in [5.74, 6) is 1.77. The van der Waals surface area contributed by atoms with Gasteiger partial charge in [-0.2, -0.15) is 0 Å². The van der Waals surface area contributed by atoms with Gasteiger partial charge in [-0.1, -0.05) is 6.07 Å². The van der Waals surface area contributed by atoms with E-state index in [0.717, 1.165) is 11.6 Å².